The zero-order valence-corrected chi connectivity index (χ0v) is 13.7. The van der Waals surface area contributed by atoms with E-state index in [0.29, 0.717) is 29.6 Å². The van der Waals surface area contributed by atoms with Crippen molar-refractivity contribution >= 4 is 23.1 Å². The van der Waals surface area contributed by atoms with Crippen LogP contribution in [0, 0.1) is 11.3 Å². The van der Waals surface area contributed by atoms with Crippen LogP contribution in [0.3, 0.4) is 0 Å². The second-order valence-corrected chi connectivity index (χ2v) is 5.10. The molecular weight excluding hydrogens is 314 g/mol. The third-order valence-corrected chi connectivity index (χ3v) is 3.40. The van der Waals surface area contributed by atoms with E-state index in [1.54, 1.807) is 18.3 Å². The van der Waals surface area contributed by atoms with Gasteiger partial charge in [0.05, 0.1) is 23.5 Å². The van der Waals surface area contributed by atoms with Gasteiger partial charge in [-0.05, 0) is 37.3 Å². The minimum absolute atomic E-state index is 0.404. The van der Waals surface area contributed by atoms with Crippen LogP contribution in [0.5, 0.6) is 5.75 Å². The second kappa shape index (κ2) is 7.79. The van der Waals surface area contributed by atoms with Gasteiger partial charge < -0.3 is 15.4 Å². The second-order valence-electron chi connectivity index (χ2n) is 5.10. The number of para-hydroxylation sites is 3. The molecule has 124 valence electrons. The van der Waals surface area contributed by atoms with Crippen LogP contribution in [0.4, 0.5) is 23.1 Å². The summed E-state index contributed by atoms with van der Waals surface area (Å²) in [6, 6.07) is 18.8. The predicted molar refractivity (Wildman–Crippen MR) is 97.4 cm³/mol. The molecule has 0 aliphatic heterocycles. The first kappa shape index (κ1) is 16.3. The molecule has 0 saturated carbocycles. The number of ether oxygens (including phenoxy) is 1. The Morgan fingerprint density at radius 1 is 1.00 bits per heavy atom. The smallest absolute Gasteiger partial charge is 0.229 e. The number of hydrogen-bond acceptors (Lipinski definition) is 6. The van der Waals surface area contributed by atoms with E-state index in [0.717, 1.165) is 11.4 Å². The molecule has 1 heterocycles. The van der Waals surface area contributed by atoms with Crippen LogP contribution < -0.4 is 15.4 Å². The Morgan fingerprint density at radius 3 is 2.56 bits per heavy atom. The highest BCUT2D eigenvalue weighted by atomic mass is 16.5. The van der Waals surface area contributed by atoms with E-state index < -0.39 is 0 Å². The molecule has 0 atom stereocenters. The molecular formula is C19H17N5O. The Bertz CT molecular complexity index is 904. The highest BCUT2D eigenvalue weighted by molar-refractivity contribution is 5.66. The summed E-state index contributed by atoms with van der Waals surface area (Å²) in [5.41, 5.74) is 2.02. The molecule has 0 bridgehead atoms. The van der Waals surface area contributed by atoms with Gasteiger partial charge in [0.2, 0.25) is 5.95 Å². The first-order chi connectivity index (χ1) is 12.3. The molecule has 0 saturated heterocycles. The number of nitrogens with zero attached hydrogens (tertiary/aromatic N) is 3. The number of nitrogens with one attached hydrogen (secondary N) is 2. The minimum atomic E-state index is 0.404. The molecule has 2 aromatic carbocycles. The Hall–Kier alpha value is -3.59. The standard InChI is InChI=1S/C19H17N5O/c1-2-25-17-10-6-5-9-16(17)22-18-11-12-21-19(24-18)23-15-8-4-3-7-14(15)13-20/h3-12H,2H2,1H3,(H2,21,22,23,24). The van der Waals surface area contributed by atoms with Crippen molar-refractivity contribution in [2.24, 2.45) is 0 Å². The summed E-state index contributed by atoms with van der Waals surface area (Å²) < 4.78 is 5.61. The molecule has 0 fully saturated rings. The van der Waals surface area contributed by atoms with Gasteiger partial charge in [-0.25, -0.2) is 4.98 Å². The molecule has 1 aromatic heterocycles. The van der Waals surface area contributed by atoms with Crippen molar-refractivity contribution in [2.45, 2.75) is 6.92 Å². The molecule has 2 N–H and O–H groups in total. The molecule has 6 nitrogen and oxygen atoms in total. The summed E-state index contributed by atoms with van der Waals surface area (Å²) in [6.45, 7) is 2.52. The summed E-state index contributed by atoms with van der Waals surface area (Å²) in [4.78, 5) is 8.65. The summed E-state index contributed by atoms with van der Waals surface area (Å²) in [5, 5.41) is 15.5. The van der Waals surface area contributed by atoms with Crippen LogP contribution in [-0.2, 0) is 0 Å². The Morgan fingerprint density at radius 2 is 1.76 bits per heavy atom. The summed E-state index contributed by atoms with van der Waals surface area (Å²) >= 11 is 0. The molecule has 0 radical (unpaired) electrons. The van der Waals surface area contributed by atoms with Gasteiger partial charge in [-0.2, -0.15) is 10.2 Å². The highest BCUT2D eigenvalue weighted by Crippen LogP contribution is 2.27. The van der Waals surface area contributed by atoms with Crippen LogP contribution in [-0.4, -0.2) is 16.6 Å². The first-order valence-electron chi connectivity index (χ1n) is 7.88. The summed E-state index contributed by atoms with van der Waals surface area (Å²) in [5.74, 6) is 1.79. The third kappa shape index (κ3) is 4.03. The third-order valence-electron chi connectivity index (χ3n) is 3.40. The first-order valence-corrected chi connectivity index (χ1v) is 7.88. The number of aromatic nitrogens is 2. The number of benzene rings is 2. The maximum absolute atomic E-state index is 9.17. The monoisotopic (exact) mass is 331 g/mol. The van der Waals surface area contributed by atoms with Gasteiger partial charge in [0, 0.05) is 6.20 Å². The summed E-state index contributed by atoms with van der Waals surface area (Å²) in [6.07, 6.45) is 1.65. The van der Waals surface area contributed by atoms with Crippen molar-refractivity contribution in [1.82, 2.24) is 9.97 Å². The zero-order valence-electron chi connectivity index (χ0n) is 13.7. The van der Waals surface area contributed by atoms with Gasteiger partial charge in [-0.15, -0.1) is 0 Å². The predicted octanol–water partition coefficient (Wildman–Crippen LogP) is 4.23. The lowest BCUT2D eigenvalue weighted by molar-refractivity contribution is 0.342. The minimum Gasteiger partial charge on any atom is -0.492 e. The maximum atomic E-state index is 9.17. The fourth-order valence-electron chi connectivity index (χ4n) is 2.29. The van der Waals surface area contributed by atoms with Crippen molar-refractivity contribution in [3.8, 4) is 11.8 Å². The van der Waals surface area contributed by atoms with Crippen molar-refractivity contribution < 1.29 is 4.74 Å². The molecule has 0 unspecified atom stereocenters. The fraction of sp³-hybridized carbons (Fsp3) is 0.105. The van der Waals surface area contributed by atoms with Gasteiger partial charge in [0.25, 0.3) is 0 Å². The van der Waals surface area contributed by atoms with Gasteiger partial charge in [0.1, 0.15) is 17.6 Å². The number of nitriles is 1. The highest BCUT2D eigenvalue weighted by Gasteiger charge is 2.06. The van der Waals surface area contributed by atoms with Crippen LogP contribution in [0.1, 0.15) is 12.5 Å². The quantitative estimate of drug-likeness (QED) is 0.703. The topological polar surface area (TPSA) is 82.9 Å². The van der Waals surface area contributed by atoms with E-state index in [-0.39, 0.29) is 0 Å². The lowest BCUT2D eigenvalue weighted by Crippen LogP contribution is -2.02. The van der Waals surface area contributed by atoms with E-state index in [2.05, 4.69) is 26.7 Å². The van der Waals surface area contributed by atoms with Gasteiger partial charge >= 0.3 is 0 Å². The zero-order chi connectivity index (χ0) is 17.5. The van der Waals surface area contributed by atoms with Gasteiger partial charge in [0.15, 0.2) is 0 Å². The van der Waals surface area contributed by atoms with Gasteiger partial charge in [-0.1, -0.05) is 24.3 Å². The van der Waals surface area contributed by atoms with E-state index in [1.807, 2.05) is 49.4 Å². The van der Waals surface area contributed by atoms with Crippen molar-refractivity contribution in [3.05, 3.63) is 66.4 Å². The molecule has 3 rings (SSSR count). The number of anilines is 4. The SMILES string of the molecule is CCOc1ccccc1Nc1ccnc(Nc2ccccc2C#N)n1. The Labute approximate surface area is 146 Å². The average Bonchev–Trinajstić information content (AvgIpc) is 2.64. The van der Waals surface area contributed by atoms with Crippen LogP contribution in [0.25, 0.3) is 0 Å². The molecule has 0 amide bonds. The Kier molecular flexibility index (Phi) is 5.07. The Balaban J connectivity index is 1.82. The summed E-state index contributed by atoms with van der Waals surface area (Å²) in [7, 11) is 0. The average molecular weight is 331 g/mol. The molecule has 25 heavy (non-hydrogen) atoms. The van der Waals surface area contributed by atoms with E-state index >= 15 is 0 Å². The van der Waals surface area contributed by atoms with Crippen LogP contribution in [0.2, 0.25) is 0 Å². The van der Waals surface area contributed by atoms with E-state index in [9.17, 15) is 0 Å². The van der Waals surface area contributed by atoms with E-state index in [4.69, 9.17) is 10.00 Å². The largest absolute Gasteiger partial charge is 0.492 e. The number of hydrogen-bond donors (Lipinski definition) is 2. The van der Waals surface area contributed by atoms with Crippen molar-refractivity contribution in [1.29, 1.82) is 5.26 Å². The van der Waals surface area contributed by atoms with Crippen molar-refractivity contribution in [2.75, 3.05) is 17.2 Å². The maximum Gasteiger partial charge on any atom is 0.229 e. The number of rotatable bonds is 6. The molecule has 0 spiro atoms. The molecule has 0 aliphatic rings. The fourth-order valence-corrected chi connectivity index (χ4v) is 2.29. The lowest BCUT2D eigenvalue weighted by Gasteiger charge is -2.12. The van der Waals surface area contributed by atoms with Crippen molar-refractivity contribution in [3.63, 3.8) is 0 Å². The van der Waals surface area contributed by atoms with Crippen LogP contribution in [0.15, 0.2) is 60.8 Å². The van der Waals surface area contributed by atoms with Crippen LogP contribution >= 0.6 is 0 Å². The normalized spacial score (nSPS) is 9.92. The molecule has 6 heteroatoms. The van der Waals surface area contributed by atoms with Gasteiger partial charge in [-0.3, -0.25) is 0 Å². The molecule has 3 aromatic rings. The molecule has 0 aliphatic carbocycles. The van der Waals surface area contributed by atoms with E-state index in [1.165, 1.54) is 0 Å². The lowest BCUT2D eigenvalue weighted by atomic mass is 10.2.